The van der Waals surface area contributed by atoms with E-state index in [0.717, 1.165) is 9.18 Å². The zero-order valence-corrected chi connectivity index (χ0v) is 19.1. The largest absolute Gasteiger partial charge is 0.462 e. The first-order valence-electron chi connectivity index (χ1n) is 8.45. The maximum absolute atomic E-state index is 12.7. The number of benzene rings is 1. The predicted octanol–water partition coefficient (Wildman–Crippen LogP) is 3.75. The highest BCUT2D eigenvalue weighted by molar-refractivity contribution is 9.10. The van der Waals surface area contributed by atoms with Crippen molar-refractivity contribution in [2.45, 2.75) is 25.2 Å². The fraction of sp³-hybridized carbons (Fsp3) is 0.333. The Morgan fingerprint density at radius 2 is 1.89 bits per heavy atom. The van der Waals surface area contributed by atoms with E-state index in [-0.39, 0.29) is 22.6 Å². The van der Waals surface area contributed by atoms with Crippen LogP contribution < -0.4 is 5.32 Å². The Kier molecular flexibility index (Phi) is 7.38. The highest BCUT2D eigenvalue weighted by atomic mass is 79.9. The number of nitrogens with one attached hydrogen (secondary N) is 1. The van der Waals surface area contributed by atoms with Crippen LogP contribution in [0, 0.1) is 0 Å². The summed E-state index contributed by atoms with van der Waals surface area (Å²) in [5.74, 6) is -1.03. The zero-order chi connectivity index (χ0) is 21.1. The van der Waals surface area contributed by atoms with Crippen LogP contribution in [0.25, 0.3) is 0 Å². The molecule has 10 heteroatoms. The number of carbonyl (C=O) groups excluding carboxylic acids is 2. The van der Waals surface area contributed by atoms with E-state index in [1.54, 1.807) is 13.0 Å². The van der Waals surface area contributed by atoms with Crippen LogP contribution in [0.15, 0.2) is 33.6 Å². The molecule has 152 valence electrons. The summed E-state index contributed by atoms with van der Waals surface area (Å²) in [6.45, 7) is 3.87. The minimum atomic E-state index is -3.73. The van der Waals surface area contributed by atoms with Gasteiger partial charge in [0.25, 0.3) is 5.91 Å². The van der Waals surface area contributed by atoms with Crippen molar-refractivity contribution in [3.05, 3.63) is 44.7 Å². The van der Waals surface area contributed by atoms with Gasteiger partial charge in [-0.25, -0.2) is 17.5 Å². The van der Waals surface area contributed by atoms with Crippen molar-refractivity contribution in [1.82, 2.24) is 4.31 Å². The van der Waals surface area contributed by atoms with Crippen LogP contribution in [0.1, 0.15) is 39.4 Å². The molecule has 0 unspecified atom stereocenters. The molecular weight excluding hydrogens is 468 g/mol. The molecule has 1 aromatic carbocycles. The van der Waals surface area contributed by atoms with Crippen molar-refractivity contribution >= 4 is 54.2 Å². The molecule has 2 rings (SSSR count). The van der Waals surface area contributed by atoms with Gasteiger partial charge >= 0.3 is 5.97 Å². The molecule has 0 spiro atoms. The molecule has 0 aliphatic rings. The number of halogens is 1. The number of hydrogen-bond acceptors (Lipinski definition) is 6. The topological polar surface area (TPSA) is 92.8 Å². The number of amides is 1. The summed E-state index contributed by atoms with van der Waals surface area (Å²) in [4.78, 5) is 25.8. The molecule has 1 heterocycles. The number of sulfonamides is 1. The van der Waals surface area contributed by atoms with Crippen LogP contribution in [0.5, 0.6) is 0 Å². The molecule has 0 bridgehead atoms. The first kappa shape index (κ1) is 22.5. The second kappa shape index (κ2) is 9.17. The quantitative estimate of drug-likeness (QED) is 0.598. The lowest BCUT2D eigenvalue weighted by Crippen LogP contribution is -2.23. The van der Waals surface area contributed by atoms with Gasteiger partial charge in [-0.05, 0) is 53.5 Å². The summed E-state index contributed by atoms with van der Waals surface area (Å²) in [6.07, 6.45) is 0.705. The fourth-order valence-electron chi connectivity index (χ4n) is 2.28. The van der Waals surface area contributed by atoms with E-state index in [4.69, 9.17) is 4.74 Å². The SMILES string of the molecule is CCOC(=O)c1cc(CC)sc1NC(=O)c1ccc(Br)c(S(=O)(=O)N(C)C)c1. The minimum absolute atomic E-state index is 0.0174. The molecule has 1 amide bonds. The highest BCUT2D eigenvalue weighted by Crippen LogP contribution is 2.31. The Balaban J connectivity index is 2.39. The second-order valence-corrected chi connectivity index (χ2v) is 10.0. The summed E-state index contributed by atoms with van der Waals surface area (Å²) in [5.41, 5.74) is 0.445. The predicted molar refractivity (Wildman–Crippen MR) is 113 cm³/mol. The molecule has 1 N–H and O–H groups in total. The molecule has 0 aliphatic carbocycles. The Morgan fingerprint density at radius 1 is 1.21 bits per heavy atom. The number of carbonyl (C=O) groups is 2. The standard InChI is InChI=1S/C18H21BrN2O5S2/c1-5-12-10-13(18(23)26-6-2)17(27-12)20-16(22)11-7-8-14(19)15(9-11)28(24,25)21(3)4/h7-10H,5-6H2,1-4H3,(H,20,22). The van der Waals surface area contributed by atoms with Crippen molar-refractivity contribution < 1.29 is 22.7 Å². The second-order valence-electron chi connectivity index (χ2n) is 5.92. The summed E-state index contributed by atoms with van der Waals surface area (Å²) >= 11 is 4.50. The first-order valence-corrected chi connectivity index (χ1v) is 11.5. The van der Waals surface area contributed by atoms with E-state index in [9.17, 15) is 18.0 Å². The third kappa shape index (κ3) is 4.80. The average molecular weight is 489 g/mol. The van der Waals surface area contributed by atoms with E-state index in [0.29, 0.717) is 15.9 Å². The summed E-state index contributed by atoms with van der Waals surface area (Å²) < 4.78 is 31.4. The van der Waals surface area contributed by atoms with Crippen LogP contribution >= 0.6 is 27.3 Å². The van der Waals surface area contributed by atoms with E-state index < -0.39 is 21.9 Å². The molecule has 28 heavy (non-hydrogen) atoms. The van der Waals surface area contributed by atoms with Gasteiger partial charge in [0, 0.05) is 29.0 Å². The number of nitrogens with zero attached hydrogens (tertiary/aromatic N) is 1. The zero-order valence-electron chi connectivity index (χ0n) is 15.9. The monoisotopic (exact) mass is 488 g/mol. The van der Waals surface area contributed by atoms with Gasteiger partial charge in [-0.15, -0.1) is 11.3 Å². The lowest BCUT2D eigenvalue weighted by molar-refractivity contribution is 0.0528. The van der Waals surface area contributed by atoms with Gasteiger partial charge < -0.3 is 10.1 Å². The Labute approximate surface area is 176 Å². The molecule has 0 aliphatic heterocycles. The Hall–Kier alpha value is -1.75. The van der Waals surface area contributed by atoms with Crippen molar-refractivity contribution in [3.63, 3.8) is 0 Å². The lowest BCUT2D eigenvalue weighted by Gasteiger charge is -2.14. The third-order valence-electron chi connectivity index (χ3n) is 3.81. The van der Waals surface area contributed by atoms with Gasteiger partial charge in [-0.2, -0.15) is 0 Å². The number of aryl methyl sites for hydroxylation is 1. The van der Waals surface area contributed by atoms with E-state index in [2.05, 4.69) is 21.2 Å². The van der Waals surface area contributed by atoms with E-state index in [1.807, 2.05) is 6.92 Å². The molecule has 0 radical (unpaired) electrons. The van der Waals surface area contributed by atoms with Crippen LogP contribution in [0.3, 0.4) is 0 Å². The van der Waals surface area contributed by atoms with Crippen molar-refractivity contribution in [2.24, 2.45) is 0 Å². The van der Waals surface area contributed by atoms with Gasteiger partial charge in [-0.1, -0.05) is 6.92 Å². The Morgan fingerprint density at radius 3 is 2.46 bits per heavy atom. The lowest BCUT2D eigenvalue weighted by atomic mass is 10.2. The maximum atomic E-state index is 12.7. The molecule has 1 aromatic heterocycles. The normalized spacial score (nSPS) is 11.5. The molecule has 0 atom stereocenters. The van der Waals surface area contributed by atoms with Crippen molar-refractivity contribution in [1.29, 1.82) is 0 Å². The van der Waals surface area contributed by atoms with Crippen molar-refractivity contribution in [2.75, 3.05) is 26.0 Å². The minimum Gasteiger partial charge on any atom is -0.462 e. The van der Waals surface area contributed by atoms with Gasteiger partial charge in [0.2, 0.25) is 10.0 Å². The van der Waals surface area contributed by atoms with Gasteiger partial charge in [-0.3, -0.25) is 4.79 Å². The van der Waals surface area contributed by atoms with E-state index >= 15 is 0 Å². The van der Waals surface area contributed by atoms with Crippen LogP contribution in [0.2, 0.25) is 0 Å². The van der Waals surface area contributed by atoms with Gasteiger partial charge in [0.15, 0.2) is 0 Å². The number of ether oxygens (including phenoxy) is 1. The van der Waals surface area contributed by atoms with Crippen LogP contribution in [-0.2, 0) is 21.2 Å². The first-order chi connectivity index (χ1) is 13.1. The van der Waals surface area contributed by atoms with Gasteiger partial charge in [0.1, 0.15) is 5.00 Å². The van der Waals surface area contributed by atoms with Gasteiger partial charge in [0.05, 0.1) is 17.1 Å². The van der Waals surface area contributed by atoms with Crippen LogP contribution in [0.4, 0.5) is 5.00 Å². The molecular formula is C18H21BrN2O5S2. The molecule has 2 aromatic rings. The Bertz CT molecular complexity index is 999. The third-order valence-corrected chi connectivity index (χ3v) is 7.81. The average Bonchev–Trinajstić information content (AvgIpc) is 3.05. The highest BCUT2D eigenvalue weighted by Gasteiger charge is 2.23. The number of hydrogen-bond donors (Lipinski definition) is 1. The summed E-state index contributed by atoms with van der Waals surface area (Å²) in [5, 5.41) is 3.08. The summed E-state index contributed by atoms with van der Waals surface area (Å²) in [6, 6.07) is 6.00. The van der Waals surface area contributed by atoms with Crippen molar-refractivity contribution in [3.8, 4) is 0 Å². The summed E-state index contributed by atoms with van der Waals surface area (Å²) in [7, 11) is -0.901. The number of thiophene rings is 1. The number of rotatable bonds is 7. The number of esters is 1. The molecule has 0 saturated carbocycles. The maximum Gasteiger partial charge on any atom is 0.341 e. The molecule has 0 fully saturated rings. The van der Waals surface area contributed by atoms with Crippen LogP contribution in [-0.4, -0.2) is 45.3 Å². The smallest absolute Gasteiger partial charge is 0.341 e. The molecule has 0 saturated heterocycles. The number of anilines is 1. The molecule has 7 nitrogen and oxygen atoms in total. The fourth-order valence-corrected chi connectivity index (χ4v) is 5.11. The van der Waals surface area contributed by atoms with E-state index in [1.165, 1.54) is 43.6 Å².